The van der Waals surface area contributed by atoms with Crippen LogP contribution in [0.1, 0.15) is 73.3 Å². The van der Waals surface area contributed by atoms with E-state index in [1.807, 2.05) is 0 Å². The van der Waals surface area contributed by atoms with Crippen molar-refractivity contribution in [3.05, 3.63) is 35.9 Å². The Morgan fingerprint density at radius 1 is 1.04 bits per heavy atom. The van der Waals surface area contributed by atoms with Gasteiger partial charge in [0.25, 0.3) is 0 Å². The van der Waals surface area contributed by atoms with Gasteiger partial charge in [0.2, 0.25) is 0 Å². The van der Waals surface area contributed by atoms with Crippen LogP contribution in [0.25, 0.3) is 0 Å². The number of rotatable bonds is 8. The average molecular weight is 372 g/mol. The molecular weight excluding hydrogens is 330 g/mol. The molecule has 2 fully saturated rings. The molecule has 0 N–H and O–H groups in total. The van der Waals surface area contributed by atoms with Crippen LogP contribution >= 0.6 is 0 Å². The Kier molecular flexibility index (Phi) is 5.81. The summed E-state index contributed by atoms with van der Waals surface area (Å²) in [6.07, 6.45) is 4.94. The standard InChI is InChI=1S/C25H41NO/c1-19(2)26(20(3)4)15-16-27-25(17-21-11-9-8-10-12-21)18-22-13-14-24(25,7)23(22,5)6/h8-12,19-20,22H,13-18H2,1-7H3. The Balaban J connectivity index is 1.82. The second-order valence-corrected chi connectivity index (χ2v) is 10.4. The molecule has 2 nitrogen and oxygen atoms in total. The van der Waals surface area contributed by atoms with Gasteiger partial charge >= 0.3 is 0 Å². The second-order valence-electron chi connectivity index (χ2n) is 10.4. The fourth-order valence-corrected chi connectivity index (χ4v) is 6.31. The molecule has 2 saturated carbocycles. The third-order valence-electron chi connectivity index (χ3n) is 8.40. The van der Waals surface area contributed by atoms with Crippen LogP contribution in [0.15, 0.2) is 30.3 Å². The van der Waals surface area contributed by atoms with Crippen molar-refractivity contribution in [3.63, 3.8) is 0 Å². The van der Waals surface area contributed by atoms with Gasteiger partial charge in [-0.05, 0) is 63.9 Å². The van der Waals surface area contributed by atoms with Gasteiger partial charge in [0.15, 0.2) is 0 Å². The molecule has 0 aromatic heterocycles. The molecule has 3 unspecified atom stereocenters. The summed E-state index contributed by atoms with van der Waals surface area (Å²) < 4.78 is 6.96. The van der Waals surface area contributed by atoms with E-state index in [1.165, 1.54) is 24.8 Å². The maximum atomic E-state index is 6.96. The van der Waals surface area contributed by atoms with Crippen LogP contribution in [0.3, 0.4) is 0 Å². The van der Waals surface area contributed by atoms with E-state index in [0.717, 1.165) is 25.5 Å². The molecule has 0 amide bonds. The maximum absolute atomic E-state index is 6.96. The molecule has 0 heterocycles. The number of nitrogens with zero attached hydrogens (tertiary/aromatic N) is 1. The molecule has 0 spiro atoms. The van der Waals surface area contributed by atoms with Crippen molar-refractivity contribution in [2.45, 2.75) is 91.8 Å². The Hall–Kier alpha value is -0.860. The molecule has 2 heteroatoms. The van der Waals surface area contributed by atoms with Gasteiger partial charge in [-0.15, -0.1) is 0 Å². The molecule has 1 aromatic carbocycles. The van der Waals surface area contributed by atoms with E-state index in [4.69, 9.17) is 4.74 Å². The van der Waals surface area contributed by atoms with Crippen LogP contribution < -0.4 is 0 Å². The molecule has 0 radical (unpaired) electrons. The van der Waals surface area contributed by atoms with Gasteiger partial charge in [-0.3, -0.25) is 4.90 Å². The lowest BCUT2D eigenvalue weighted by Crippen LogP contribution is -2.52. The highest BCUT2D eigenvalue weighted by atomic mass is 16.5. The van der Waals surface area contributed by atoms with Gasteiger partial charge in [0.1, 0.15) is 0 Å². The fourth-order valence-electron chi connectivity index (χ4n) is 6.31. The summed E-state index contributed by atoms with van der Waals surface area (Å²) in [5, 5.41) is 0. The maximum Gasteiger partial charge on any atom is 0.0784 e. The molecule has 2 aliphatic rings. The van der Waals surface area contributed by atoms with Gasteiger partial charge in [-0.1, -0.05) is 51.1 Å². The zero-order valence-electron chi connectivity index (χ0n) is 18.7. The van der Waals surface area contributed by atoms with Crippen molar-refractivity contribution in [2.75, 3.05) is 13.2 Å². The van der Waals surface area contributed by atoms with Gasteiger partial charge in [0.05, 0.1) is 12.2 Å². The highest BCUT2D eigenvalue weighted by molar-refractivity contribution is 5.25. The van der Waals surface area contributed by atoms with Gasteiger partial charge in [-0.25, -0.2) is 0 Å². The molecule has 3 atom stereocenters. The first kappa shape index (κ1) is 20.9. The van der Waals surface area contributed by atoms with E-state index in [0.29, 0.717) is 17.5 Å². The molecule has 27 heavy (non-hydrogen) atoms. The summed E-state index contributed by atoms with van der Waals surface area (Å²) >= 11 is 0. The minimum atomic E-state index is -0.0274. The summed E-state index contributed by atoms with van der Waals surface area (Å²) in [5.74, 6) is 0.789. The SMILES string of the molecule is CC(C)N(CCOC1(Cc2ccccc2)CC2CCC1(C)C2(C)C)C(C)C. The summed E-state index contributed by atoms with van der Waals surface area (Å²) in [4.78, 5) is 2.55. The van der Waals surface area contributed by atoms with Crippen molar-refractivity contribution in [3.8, 4) is 0 Å². The van der Waals surface area contributed by atoms with E-state index >= 15 is 0 Å². The van der Waals surface area contributed by atoms with Crippen molar-refractivity contribution in [1.82, 2.24) is 4.90 Å². The van der Waals surface area contributed by atoms with Crippen LogP contribution in [0.4, 0.5) is 0 Å². The lowest BCUT2D eigenvalue weighted by molar-refractivity contribution is -0.143. The van der Waals surface area contributed by atoms with Crippen molar-refractivity contribution >= 4 is 0 Å². The first-order valence-corrected chi connectivity index (χ1v) is 11.1. The van der Waals surface area contributed by atoms with E-state index in [9.17, 15) is 0 Å². The van der Waals surface area contributed by atoms with Gasteiger partial charge < -0.3 is 4.74 Å². The summed E-state index contributed by atoms with van der Waals surface area (Å²) in [7, 11) is 0. The zero-order valence-corrected chi connectivity index (χ0v) is 18.7. The Labute approximate surface area is 167 Å². The Bertz CT molecular complexity index is 614. The summed E-state index contributed by atoms with van der Waals surface area (Å²) in [6.45, 7) is 18.5. The normalized spacial score (nSPS) is 32.1. The van der Waals surface area contributed by atoms with Gasteiger partial charge in [0, 0.05) is 30.5 Å². The highest BCUT2D eigenvalue weighted by Crippen LogP contribution is 2.71. The largest absolute Gasteiger partial charge is 0.373 e. The molecule has 2 bridgehead atoms. The molecular formula is C25H41NO. The topological polar surface area (TPSA) is 12.5 Å². The van der Waals surface area contributed by atoms with Crippen molar-refractivity contribution < 1.29 is 4.74 Å². The van der Waals surface area contributed by atoms with Crippen LogP contribution in [0.5, 0.6) is 0 Å². The predicted octanol–water partition coefficient (Wildman–Crippen LogP) is 5.95. The van der Waals surface area contributed by atoms with E-state index in [2.05, 4.69) is 83.7 Å². The second kappa shape index (κ2) is 7.52. The fraction of sp³-hybridized carbons (Fsp3) is 0.760. The quantitative estimate of drug-likeness (QED) is 0.560. The molecule has 2 aliphatic carbocycles. The van der Waals surface area contributed by atoms with Crippen molar-refractivity contribution in [2.24, 2.45) is 16.7 Å². The monoisotopic (exact) mass is 371 g/mol. The van der Waals surface area contributed by atoms with Crippen LogP contribution in [-0.4, -0.2) is 35.7 Å². The minimum Gasteiger partial charge on any atom is -0.373 e. The molecule has 0 aliphatic heterocycles. The highest BCUT2D eigenvalue weighted by Gasteiger charge is 2.69. The van der Waals surface area contributed by atoms with Crippen LogP contribution in [0, 0.1) is 16.7 Å². The summed E-state index contributed by atoms with van der Waals surface area (Å²) in [5.41, 5.74) is 2.01. The van der Waals surface area contributed by atoms with E-state index in [1.54, 1.807) is 0 Å². The smallest absolute Gasteiger partial charge is 0.0784 e. The van der Waals surface area contributed by atoms with Crippen LogP contribution in [0.2, 0.25) is 0 Å². The first-order valence-electron chi connectivity index (χ1n) is 11.1. The minimum absolute atomic E-state index is 0.0274. The van der Waals surface area contributed by atoms with Crippen molar-refractivity contribution in [1.29, 1.82) is 0 Å². The predicted molar refractivity (Wildman–Crippen MR) is 115 cm³/mol. The third-order valence-corrected chi connectivity index (χ3v) is 8.40. The van der Waals surface area contributed by atoms with E-state index < -0.39 is 0 Å². The molecule has 0 saturated heterocycles. The Morgan fingerprint density at radius 3 is 2.15 bits per heavy atom. The number of fused-ring (bicyclic) bond motifs is 2. The first-order chi connectivity index (χ1) is 12.6. The number of ether oxygens (including phenoxy) is 1. The number of hydrogen-bond acceptors (Lipinski definition) is 2. The summed E-state index contributed by atoms with van der Waals surface area (Å²) in [6, 6.07) is 12.1. The van der Waals surface area contributed by atoms with E-state index in [-0.39, 0.29) is 11.0 Å². The number of benzene rings is 1. The third kappa shape index (κ3) is 3.49. The molecule has 152 valence electrons. The zero-order chi connectivity index (χ0) is 19.9. The van der Waals surface area contributed by atoms with Gasteiger partial charge in [-0.2, -0.15) is 0 Å². The Morgan fingerprint density at radius 2 is 1.67 bits per heavy atom. The lowest BCUT2D eigenvalue weighted by atomic mass is 9.62. The number of hydrogen-bond donors (Lipinski definition) is 0. The average Bonchev–Trinajstić information content (AvgIpc) is 2.91. The lowest BCUT2D eigenvalue weighted by Gasteiger charge is -2.49. The van der Waals surface area contributed by atoms with Crippen LogP contribution in [-0.2, 0) is 11.2 Å². The molecule has 1 aromatic rings. The molecule has 3 rings (SSSR count).